The maximum Gasteiger partial charge on any atom is 0.387 e. The lowest BCUT2D eigenvalue weighted by Crippen LogP contribution is -2.40. The van der Waals surface area contributed by atoms with Crippen molar-refractivity contribution in [2.75, 3.05) is 33.4 Å². The van der Waals surface area contributed by atoms with E-state index in [1.807, 2.05) is 0 Å². The van der Waals surface area contributed by atoms with Crippen molar-refractivity contribution in [1.82, 2.24) is 9.62 Å². The summed E-state index contributed by atoms with van der Waals surface area (Å²) in [6, 6.07) is 10.5. The predicted molar refractivity (Wildman–Crippen MR) is 111 cm³/mol. The van der Waals surface area contributed by atoms with Crippen molar-refractivity contribution in [2.45, 2.75) is 24.5 Å². The topological polar surface area (TPSA) is 94.2 Å². The first-order chi connectivity index (χ1) is 15.3. The molecule has 174 valence electrons. The molecule has 2 aromatic rings. The molecule has 0 atom stereocenters. The van der Waals surface area contributed by atoms with E-state index in [9.17, 15) is 22.0 Å². The van der Waals surface area contributed by atoms with Gasteiger partial charge >= 0.3 is 6.61 Å². The Bertz CT molecular complexity index is 1030. The van der Waals surface area contributed by atoms with Gasteiger partial charge in [-0.05, 0) is 35.4 Å². The second kappa shape index (κ2) is 10.7. The number of hydrogen-bond acceptors (Lipinski definition) is 6. The number of alkyl halides is 2. The summed E-state index contributed by atoms with van der Waals surface area (Å²) in [4.78, 5) is 12.4. The van der Waals surface area contributed by atoms with E-state index in [-0.39, 0.29) is 48.4 Å². The lowest BCUT2D eigenvalue weighted by molar-refractivity contribution is -0.120. The molecule has 11 heteroatoms. The molecule has 0 spiro atoms. The van der Waals surface area contributed by atoms with Crippen LogP contribution in [-0.4, -0.2) is 58.7 Å². The molecule has 0 bridgehead atoms. The van der Waals surface area contributed by atoms with E-state index in [4.69, 9.17) is 9.47 Å². The highest BCUT2D eigenvalue weighted by atomic mass is 32.2. The molecule has 32 heavy (non-hydrogen) atoms. The summed E-state index contributed by atoms with van der Waals surface area (Å²) in [5.74, 6) is -0.0909. The van der Waals surface area contributed by atoms with Crippen molar-refractivity contribution in [2.24, 2.45) is 0 Å². The Morgan fingerprint density at radius 2 is 1.78 bits per heavy atom. The van der Waals surface area contributed by atoms with Crippen LogP contribution in [0.25, 0.3) is 0 Å². The average Bonchev–Trinajstić information content (AvgIpc) is 2.79. The summed E-state index contributed by atoms with van der Waals surface area (Å²) in [6.45, 7) is -1.59. The average molecular weight is 470 g/mol. The highest BCUT2D eigenvalue weighted by Gasteiger charge is 2.29. The highest BCUT2D eigenvalue weighted by molar-refractivity contribution is 7.89. The van der Waals surface area contributed by atoms with Crippen LogP contribution in [0, 0.1) is 0 Å². The Kier molecular flexibility index (Phi) is 7.99. The lowest BCUT2D eigenvalue weighted by Gasteiger charge is -2.26. The van der Waals surface area contributed by atoms with Gasteiger partial charge in [0.25, 0.3) is 0 Å². The molecule has 1 N–H and O–H groups in total. The van der Waals surface area contributed by atoms with Crippen LogP contribution in [0.3, 0.4) is 0 Å². The fourth-order valence-corrected chi connectivity index (χ4v) is 4.81. The van der Waals surface area contributed by atoms with Gasteiger partial charge in [-0.3, -0.25) is 4.79 Å². The van der Waals surface area contributed by atoms with E-state index in [0.717, 1.165) is 0 Å². The second-order valence-corrected chi connectivity index (χ2v) is 8.88. The number of nitrogens with zero attached hydrogens (tertiary/aromatic N) is 1. The number of sulfonamides is 1. The van der Waals surface area contributed by atoms with Gasteiger partial charge in [0, 0.05) is 19.6 Å². The standard InChI is InChI=1S/C21H24F2N2O6S/c1-29-18-7-4-16(12-19(18)32(27,28)25-8-10-30-11-9-25)13-20(26)24-14-15-2-5-17(6-3-15)31-21(22)23/h2-7,12,21H,8-11,13-14H2,1H3,(H,24,26). The molecule has 1 fully saturated rings. The molecule has 0 unspecified atom stereocenters. The van der Waals surface area contributed by atoms with Gasteiger partial charge < -0.3 is 19.5 Å². The quantitative estimate of drug-likeness (QED) is 0.604. The molecule has 0 aliphatic carbocycles. The first-order valence-corrected chi connectivity index (χ1v) is 11.3. The molecule has 8 nitrogen and oxygen atoms in total. The maximum atomic E-state index is 13.0. The molecule has 1 saturated heterocycles. The number of hydrogen-bond donors (Lipinski definition) is 1. The molecule has 1 aliphatic heterocycles. The predicted octanol–water partition coefficient (Wildman–Crippen LogP) is 2.18. The summed E-state index contributed by atoms with van der Waals surface area (Å²) in [7, 11) is -2.41. The zero-order chi connectivity index (χ0) is 23.1. The molecule has 1 aliphatic rings. The second-order valence-electron chi connectivity index (χ2n) is 6.98. The Hall–Kier alpha value is -2.76. The van der Waals surface area contributed by atoms with Crippen molar-refractivity contribution in [3.63, 3.8) is 0 Å². The van der Waals surface area contributed by atoms with Crippen LogP contribution in [0.15, 0.2) is 47.4 Å². The minimum Gasteiger partial charge on any atom is -0.495 e. The van der Waals surface area contributed by atoms with E-state index in [2.05, 4.69) is 10.1 Å². The molecule has 0 saturated carbocycles. The monoisotopic (exact) mass is 470 g/mol. The zero-order valence-electron chi connectivity index (χ0n) is 17.4. The van der Waals surface area contributed by atoms with E-state index >= 15 is 0 Å². The fourth-order valence-electron chi connectivity index (χ4n) is 3.20. The number of nitrogens with one attached hydrogen (secondary N) is 1. The van der Waals surface area contributed by atoms with Crippen molar-refractivity contribution in [3.05, 3.63) is 53.6 Å². The highest BCUT2D eigenvalue weighted by Crippen LogP contribution is 2.28. The normalized spacial score (nSPS) is 14.9. The summed E-state index contributed by atoms with van der Waals surface area (Å²) < 4.78 is 66.6. The first kappa shape index (κ1) is 23.9. The number of ether oxygens (including phenoxy) is 3. The van der Waals surface area contributed by atoms with Crippen molar-refractivity contribution in [3.8, 4) is 11.5 Å². The third-order valence-corrected chi connectivity index (χ3v) is 6.74. The number of amides is 1. The molecule has 3 rings (SSSR count). The lowest BCUT2D eigenvalue weighted by atomic mass is 10.1. The smallest absolute Gasteiger partial charge is 0.387 e. The summed E-state index contributed by atoms with van der Waals surface area (Å²) in [5, 5.41) is 2.72. The van der Waals surface area contributed by atoms with E-state index in [0.29, 0.717) is 24.3 Å². The number of morpholine rings is 1. The summed E-state index contributed by atoms with van der Waals surface area (Å²) in [6.07, 6.45) is -0.0395. The first-order valence-electron chi connectivity index (χ1n) is 9.85. The van der Waals surface area contributed by atoms with Gasteiger partial charge in [0.05, 0.1) is 26.7 Å². The number of rotatable bonds is 9. The van der Waals surface area contributed by atoms with Gasteiger partial charge in [0.2, 0.25) is 15.9 Å². The van der Waals surface area contributed by atoms with Gasteiger partial charge in [-0.1, -0.05) is 18.2 Å². The van der Waals surface area contributed by atoms with Gasteiger partial charge in [0.1, 0.15) is 16.4 Å². The Balaban J connectivity index is 1.65. The molecular formula is C21H24F2N2O6S. The molecule has 0 radical (unpaired) electrons. The van der Waals surface area contributed by atoms with Gasteiger partial charge in [0.15, 0.2) is 0 Å². The minimum atomic E-state index is -3.80. The molecule has 1 heterocycles. The van der Waals surface area contributed by atoms with Crippen LogP contribution in [0.5, 0.6) is 11.5 Å². The van der Waals surface area contributed by atoms with Crippen LogP contribution in [0.2, 0.25) is 0 Å². The number of carbonyl (C=O) groups is 1. The molecular weight excluding hydrogens is 446 g/mol. The third-order valence-electron chi connectivity index (χ3n) is 4.82. The number of halogens is 2. The number of methoxy groups -OCH3 is 1. The minimum absolute atomic E-state index is 0.00168. The fraction of sp³-hybridized carbons (Fsp3) is 0.381. The Labute approximate surface area is 185 Å². The van der Waals surface area contributed by atoms with Crippen molar-refractivity contribution in [1.29, 1.82) is 0 Å². The largest absolute Gasteiger partial charge is 0.495 e. The SMILES string of the molecule is COc1ccc(CC(=O)NCc2ccc(OC(F)F)cc2)cc1S(=O)(=O)N1CCOCC1. The van der Waals surface area contributed by atoms with Crippen LogP contribution in [0.4, 0.5) is 8.78 Å². The summed E-state index contributed by atoms with van der Waals surface area (Å²) >= 11 is 0. The summed E-state index contributed by atoms with van der Waals surface area (Å²) in [5.41, 5.74) is 1.21. The van der Waals surface area contributed by atoms with Crippen LogP contribution >= 0.6 is 0 Å². The van der Waals surface area contributed by atoms with Crippen molar-refractivity contribution >= 4 is 15.9 Å². The maximum absolute atomic E-state index is 13.0. The van der Waals surface area contributed by atoms with E-state index in [1.165, 1.54) is 35.7 Å². The molecule has 2 aromatic carbocycles. The number of carbonyl (C=O) groups excluding carboxylic acids is 1. The van der Waals surface area contributed by atoms with Crippen LogP contribution < -0.4 is 14.8 Å². The van der Waals surface area contributed by atoms with Crippen LogP contribution in [-0.2, 0) is 32.5 Å². The zero-order valence-corrected chi connectivity index (χ0v) is 18.2. The van der Waals surface area contributed by atoms with Gasteiger partial charge in [-0.2, -0.15) is 13.1 Å². The van der Waals surface area contributed by atoms with Crippen molar-refractivity contribution < 1.29 is 36.2 Å². The molecule has 1 amide bonds. The molecule has 0 aromatic heterocycles. The number of benzene rings is 2. The Morgan fingerprint density at radius 1 is 1.12 bits per heavy atom. The Morgan fingerprint density at radius 3 is 2.41 bits per heavy atom. The van der Waals surface area contributed by atoms with Gasteiger partial charge in [-0.25, -0.2) is 8.42 Å². The van der Waals surface area contributed by atoms with E-state index < -0.39 is 16.6 Å². The van der Waals surface area contributed by atoms with Gasteiger partial charge in [-0.15, -0.1) is 0 Å². The third kappa shape index (κ3) is 6.15. The van der Waals surface area contributed by atoms with Crippen LogP contribution in [0.1, 0.15) is 11.1 Å². The van der Waals surface area contributed by atoms with E-state index in [1.54, 1.807) is 18.2 Å².